The van der Waals surface area contributed by atoms with Gasteiger partial charge in [-0.05, 0) is 36.7 Å². The Bertz CT molecular complexity index is 901. The Morgan fingerprint density at radius 2 is 2.22 bits per heavy atom. The third kappa shape index (κ3) is 2.38. The van der Waals surface area contributed by atoms with E-state index in [1.54, 1.807) is 12.1 Å². The van der Waals surface area contributed by atoms with E-state index in [9.17, 15) is 19.7 Å². The zero-order chi connectivity index (χ0) is 19.3. The van der Waals surface area contributed by atoms with Crippen LogP contribution in [-0.2, 0) is 16.0 Å². The molecule has 1 aromatic carbocycles. The summed E-state index contributed by atoms with van der Waals surface area (Å²) in [6.45, 7) is 4.56. The van der Waals surface area contributed by atoms with Gasteiger partial charge in [-0.2, -0.15) is 0 Å². The maximum absolute atomic E-state index is 13.5. The summed E-state index contributed by atoms with van der Waals surface area (Å²) in [6.07, 6.45) is 3.22. The second kappa shape index (κ2) is 6.12. The molecule has 2 atom stereocenters. The number of carbonyl (C=O) groups excluding carboxylic acids is 2. The normalized spacial score (nSPS) is 26.7. The molecule has 3 heterocycles. The molecule has 1 N–H and O–H groups in total. The molecule has 0 radical (unpaired) electrons. The van der Waals surface area contributed by atoms with Gasteiger partial charge in [0.05, 0.1) is 11.0 Å². The molecule has 2 fully saturated rings. The number of fused-ring (bicyclic) bond motifs is 4. The summed E-state index contributed by atoms with van der Waals surface area (Å²) >= 11 is 5.17. The highest BCUT2D eigenvalue weighted by Gasteiger charge is 2.62. The van der Waals surface area contributed by atoms with E-state index < -0.39 is 16.2 Å². The van der Waals surface area contributed by atoms with Gasteiger partial charge in [0.2, 0.25) is 11.8 Å². The first kappa shape index (κ1) is 17.6. The van der Waals surface area contributed by atoms with Crippen molar-refractivity contribution in [2.45, 2.75) is 25.3 Å². The van der Waals surface area contributed by atoms with Crippen molar-refractivity contribution in [3.05, 3.63) is 46.5 Å². The molecule has 0 aromatic heterocycles. The van der Waals surface area contributed by atoms with Crippen LogP contribution in [0.1, 0.15) is 18.4 Å². The van der Waals surface area contributed by atoms with Crippen LogP contribution < -0.4 is 10.2 Å². The zero-order valence-corrected chi connectivity index (χ0v) is 15.3. The quantitative estimate of drug-likeness (QED) is 0.278. The number of rotatable bonds is 3. The van der Waals surface area contributed by atoms with Crippen molar-refractivity contribution in [2.75, 3.05) is 18.0 Å². The molecule has 2 amide bonds. The minimum absolute atomic E-state index is 0.0521. The van der Waals surface area contributed by atoms with Crippen LogP contribution in [0.25, 0.3) is 0 Å². The van der Waals surface area contributed by atoms with E-state index in [2.05, 4.69) is 11.9 Å². The summed E-state index contributed by atoms with van der Waals surface area (Å²) in [4.78, 5) is 40.7. The van der Waals surface area contributed by atoms with Gasteiger partial charge in [-0.25, -0.2) is 0 Å². The zero-order valence-electron chi connectivity index (χ0n) is 14.5. The highest BCUT2D eigenvalue weighted by atomic mass is 32.1. The fourth-order valence-electron chi connectivity index (χ4n) is 4.54. The minimum atomic E-state index is -1.34. The fourth-order valence-corrected chi connectivity index (χ4v) is 4.79. The molecule has 1 spiro atoms. The molecule has 27 heavy (non-hydrogen) atoms. The predicted molar refractivity (Wildman–Crippen MR) is 102 cm³/mol. The molecule has 8 nitrogen and oxygen atoms in total. The van der Waals surface area contributed by atoms with Crippen molar-refractivity contribution in [2.24, 2.45) is 5.41 Å². The number of nitro benzene ring substituents is 1. The van der Waals surface area contributed by atoms with Gasteiger partial charge in [-0.15, -0.1) is 6.58 Å². The molecular weight excluding hydrogens is 368 g/mol. The second-order valence-corrected chi connectivity index (χ2v) is 7.42. The van der Waals surface area contributed by atoms with Crippen LogP contribution in [0.2, 0.25) is 0 Å². The molecule has 3 aliphatic rings. The number of amides is 2. The van der Waals surface area contributed by atoms with E-state index in [-0.39, 0.29) is 35.7 Å². The first-order chi connectivity index (χ1) is 12.9. The number of non-ortho nitro benzene ring substituents is 1. The molecule has 9 heteroatoms. The van der Waals surface area contributed by atoms with Gasteiger partial charge in [0.15, 0.2) is 10.5 Å². The summed E-state index contributed by atoms with van der Waals surface area (Å²) in [5.41, 5.74) is 0.1000. The first-order valence-electron chi connectivity index (χ1n) is 8.72. The predicted octanol–water partition coefficient (Wildman–Crippen LogP) is 1.54. The number of nitrogens with one attached hydrogen (secondary N) is 1. The maximum atomic E-state index is 13.5. The van der Waals surface area contributed by atoms with Crippen LogP contribution in [-0.4, -0.2) is 45.9 Å². The summed E-state index contributed by atoms with van der Waals surface area (Å²) in [7, 11) is 0. The van der Waals surface area contributed by atoms with Gasteiger partial charge in [-0.3, -0.25) is 24.6 Å². The van der Waals surface area contributed by atoms with Gasteiger partial charge in [0, 0.05) is 37.3 Å². The Labute approximate surface area is 161 Å². The minimum Gasteiger partial charge on any atom is -0.367 e. The van der Waals surface area contributed by atoms with E-state index in [1.807, 2.05) is 4.90 Å². The Hall–Kier alpha value is -2.81. The molecule has 0 unspecified atom stereocenters. The SMILES string of the molecule is C=CCN1C(=O)[C@@]2(Cc3cc([N+](=O)[O-])ccc3N3CCC[C@H]32)C(=O)NC1=S. The monoisotopic (exact) mass is 386 g/mol. The highest BCUT2D eigenvalue weighted by molar-refractivity contribution is 7.80. The number of hydrogen-bond acceptors (Lipinski definition) is 6. The topological polar surface area (TPSA) is 95.8 Å². The molecule has 4 rings (SSSR count). The fraction of sp³-hybridized carbons (Fsp3) is 0.389. The second-order valence-electron chi connectivity index (χ2n) is 7.03. The molecule has 2 saturated heterocycles. The number of carbonyl (C=O) groups is 2. The molecular formula is C18H18N4O4S. The van der Waals surface area contributed by atoms with Crippen molar-refractivity contribution in [1.29, 1.82) is 0 Å². The molecule has 140 valence electrons. The lowest BCUT2D eigenvalue weighted by atomic mass is 9.68. The van der Waals surface area contributed by atoms with Gasteiger partial charge in [0.25, 0.3) is 5.69 Å². The lowest BCUT2D eigenvalue weighted by Crippen LogP contribution is -2.71. The molecule has 0 aliphatic carbocycles. The van der Waals surface area contributed by atoms with E-state index in [0.29, 0.717) is 18.5 Å². The molecule has 1 aromatic rings. The van der Waals surface area contributed by atoms with Crippen molar-refractivity contribution in [3.8, 4) is 0 Å². The van der Waals surface area contributed by atoms with Gasteiger partial charge >= 0.3 is 0 Å². The van der Waals surface area contributed by atoms with Crippen LogP contribution in [0.3, 0.4) is 0 Å². The van der Waals surface area contributed by atoms with Gasteiger partial charge in [-0.1, -0.05) is 6.08 Å². The average molecular weight is 386 g/mol. The standard InChI is InChI=1S/C18H18N4O4S/c1-2-7-21-16(24)18(15(23)19-17(21)27)10-11-9-12(22(25)26)5-6-13(11)20-8-3-4-14(18)20/h2,5-6,9,14H,1,3-4,7-8,10H2,(H,19,23,27)/t14-,18+/m0/s1. The van der Waals surface area contributed by atoms with Crippen molar-refractivity contribution < 1.29 is 14.5 Å². The summed E-state index contributed by atoms with van der Waals surface area (Å²) in [6, 6.07) is 4.36. The van der Waals surface area contributed by atoms with Crippen LogP contribution in [0.5, 0.6) is 0 Å². The van der Waals surface area contributed by atoms with E-state index >= 15 is 0 Å². The Morgan fingerprint density at radius 1 is 1.44 bits per heavy atom. The van der Waals surface area contributed by atoms with Crippen LogP contribution in [0, 0.1) is 15.5 Å². The Kier molecular flexibility index (Phi) is 3.99. The highest BCUT2D eigenvalue weighted by Crippen LogP contribution is 2.48. The number of anilines is 1. The molecule has 0 saturated carbocycles. The molecule has 0 bridgehead atoms. The Balaban J connectivity index is 1.87. The Morgan fingerprint density at radius 3 is 2.93 bits per heavy atom. The maximum Gasteiger partial charge on any atom is 0.269 e. The first-order valence-corrected chi connectivity index (χ1v) is 9.13. The number of nitro groups is 1. The summed E-state index contributed by atoms with van der Waals surface area (Å²) < 4.78 is 0. The van der Waals surface area contributed by atoms with Gasteiger partial charge in [0.1, 0.15) is 0 Å². The third-order valence-electron chi connectivity index (χ3n) is 5.68. The summed E-state index contributed by atoms with van der Waals surface area (Å²) in [5, 5.41) is 13.9. The average Bonchev–Trinajstić information content (AvgIpc) is 3.13. The van der Waals surface area contributed by atoms with E-state index in [1.165, 1.54) is 17.0 Å². The van der Waals surface area contributed by atoms with Crippen molar-refractivity contribution in [1.82, 2.24) is 10.2 Å². The summed E-state index contributed by atoms with van der Waals surface area (Å²) in [5.74, 6) is -0.780. The number of hydrogen-bond donors (Lipinski definition) is 1. The van der Waals surface area contributed by atoms with Crippen molar-refractivity contribution in [3.63, 3.8) is 0 Å². The smallest absolute Gasteiger partial charge is 0.269 e. The number of benzene rings is 1. The van der Waals surface area contributed by atoms with Crippen LogP contribution >= 0.6 is 12.2 Å². The lowest BCUT2D eigenvalue weighted by Gasteiger charge is -2.50. The lowest BCUT2D eigenvalue weighted by molar-refractivity contribution is -0.384. The van der Waals surface area contributed by atoms with E-state index in [0.717, 1.165) is 12.1 Å². The number of thiocarbonyl (C=S) groups is 1. The van der Waals surface area contributed by atoms with Gasteiger partial charge < -0.3 is 10.2 Å². The third-order valence-corrected chi connectivity index (χ3v) is 6.01. The molecule has 3 aliphatic heterocycles. The van der Waals surface area contributed by atoms with Crippen molar-refractivity contribution >= 4 is 40.5 Å². The largest absolute Gasteiger partial charge is 0.367 e. The number of nitrogens with zero attached hydrogens (tertiary/aromatic N) is 3. The van der Waals surface area contributed by atoms with Crippen LogP contribution in [0.15, 0.2) is 30.9 Å². The van der Waals surface area contributed by atoms with Crippen LogP contribution in [0.4, 0.5) is 11.4 Å². The van der Waals surface area contributed by atoms with E-state index in [4.69, 9.17) is 12.2 Å².